The summed E-state index contributed by atoms with van der Waals surface area (Å²) in [5.41, 5.74) is 0.832. The van der Waals surface area contributed by atoms with Gasteiger partial charge >= 0.3 is 0 Å². The van der Waals surface area contributed by atoms with E-state index in [9.17, 15) is 4.55 Å². The highest BCUT2D eigenvalue weighted by molar-refractivity contribution is 9.10. The quantitative estimate of drug-likeness (QED) is 0.856. The average molecular weight is 340 g/mol. The van der Waals surface area contributed by atoms with Gasteiger partial charge in [0.15, 0.2) is 0 Å². The molecule has 0 aliphatic heterocycles. The number of halogens is 2. The number of nitrogens with one attached hydrogen (secondary N) is 1. The molecule has 6 heteroatoms. The summed E-state index contributed by atoms with van der Waals surface area (Å²) in [5.74, 6) is 0. The Labute approximate surface area is 119 Å². The van der Waals surface area contributed by atoms with Gasteiger partial charge in [0.05, 0.1) is 15.5 Å². The number of nitrogens with zero attached hydrogens (tertiary/aromatic N) is 1. The Morgan fingerprint density at radius 1 is 1.47 bits per heavy atom. The maximum absolute atomic E-state index is 12.0. The van der Waals surface area contributed by atoms with E-state index in [1.54, 1.807) is 12.4 Å². The summed E-state index contributed by atoms with van der Waals surface area (Å²) in [6.45, 7) is 7.68. The van der Waals surface area contributed by atoms with Crippen molar-refractivity contribution in [3.8, 4) is 0 Å². The zero-order valence-corrected chi connectivity index (χ0v) is 13.4. The van der Waals surface area contributed by atoms with Crippen LogP contribution in [-0.4, -0.2) is 14.3 Å². The predicted octanol–water partition coefficient (Wildman–Crippen LogP) is 3.61. The Morgan fingerprint density at radius 2 is 2.06 bits per heavy atom. The molecule has 1 unspecified atom stereocenters. The van der Waals surface area contributed by atoms with Crippen LogP contribution >= 0.6 is 27.5 Å². The van der Waals surface area contributed by atoms with Crippen LogP contribution in [0.5, 0.6) is 0 Å². The summed E-state index contributed by atoms with van der Waals surface area (Å²) in [6.07, 6.45) is 3.32. The smallest absolute Gasteiger partial charge is 0.136 e. The van der Waals surface area contributed by atoms with Gasteiger partial charge in [-0.1, -0.05) is 11.6 Å². The second-order valence-corrected chi connectivity index (χ2v) is 7.98. The monoisotopic (exact) mass is 338 g/mol. The van der Waals surface area contributed by atoms with Gasteiger partial charge in [-0.25, -0.2) is 0 Å². The zero-order valence-electron chi connectivity index (χ0n) is 10.3. The van der Waals surface area contributed by atoms with E-state index in [0.717, 1.165) is 10.0 Å². The lowest BCUT2D eigenvalue weighted by atomic mass is 10.2. The Morgan fingerprint density at radius 3 is 2.59 bits per heavy atom. The van der Waals surface area contributed by atoms with Gasteiger partial charge in [0.25, 0.3) is 0 Å². The van der Waals surface area contributed by atoms with Crippen molar-refractivity contribution in [3.05, 3.63) is 27.5 Å². The molecule has 2 atom stereocenters. The molecule has 0 aromatic carbocycles. The lowest BCUT2D eigenvalue weighted by Gasteiger charge is -2.26. The molecule has 0 spiro atoms. The Hall–Kier alpha value is 0.190. The largest absolute Gasteiger partial charge is 0.598 e. The molecule has 1 N–H and O–H groups in total. The molecule has 0 saturated heterocycles. The van der Waals surface area contributed by atoms with Gasteiger partial charge in [-0.3, -0.25) is 4.98 Å². The molecule has 0 radical (unpaired) electrons. The van der Waals surface area contributed by atoms with Crippen molar-refractivity contribution in [2.75, 3.05) is 0 Å². The SMILES string of the molecule is CC(N[S@+]([O-])C(C)(C)C)c1cncc(Br)c1Cl. The maximum atomic E-state index is 12.0. The van der Waals surface area contributed by atoms with Gasteiger partial charge in [-0.05, 0) is 43.6 Å². The molecule has 17 heavy (non-hydrogen) atoms. The molecule has 1 aromatic heterocycles. The first-order valence-corrected chi connectivity index (χ1v) is 7.52. The fourth-order valence-corrected chi connectivity index (χ4v) is 2.55. The fourth-order valence-electron chi connectivity index (χ4n) is 1.14. The first-order valence-electron chi connectivity index (χ1n) is 5.20. The van der Waals surface area contributed by atoms with Crippen molar-refractivity contribution in [1.29, 1.82) is 0 Å². The third-order valence-corrected chi connectivity index (χ3v) is 5.10. The first kappa shape index (κ1) is 15.2. The highest BCUT2D eigenvalue weighted by Gasteiger charge is 2.29. The van der Waals surface area contributed by atoms with Crippen molar-refractivity contribution in [3.63, 3.8) is 0 Å². The molecule has 0 fully saturated rings. The van der Waals surface area contributed by atoms with E-state index >= 15 is 0 Å². The summed E-state index contributed by atoms with van der Waals surface area (Å²) in [5, 5.41) is 0.603. The fraction of sp³-hybridized carbons (Fsp3) is 0.545. The summed E-state index contributed by atoms with van der Waals surface area (Å²) >= 11 is 8.35. The van der Waals surface area contributed by atoms with Crippen LogP contribution in [0.25, 0.3) is 0 Å². The number of pyridine rings is 1. The van der Waals surface area contributed by atoms with E-state index in [2.05, 4.69) is 25.6 Å². The van der Waals surface area contributed by atoms with Crippen LogP contribution in [0.4, 0.5) is 0 Å². The Bertz CT molecular complexity index is 398. The van der Waals surface area contributed by atoms with E-state index in [1.165, 1.54) is 0 Å². The lowest BCUT2D eigenvalue weighted by molar-refractivity contribution is 0.531. The minimum atomic E-state index is -1.13. The summed E-state index contributed by atoms with van der Waals surface area (Å²) in [4.78, 5) is 4.07. The van der Waals surface area contributed by atoms with Crippen molar-refractivity contribution in [1.82, 2.24) is 9.71 Å². The number of aromatic nitrogens is 1. The van der Waals surface area contributed by atoms with Gasteiger partial charge in [0.1, 0.15) is 4.75 Å². The number of rotatable bonds is 3. The van der Waals surface area contributed by atoms with Crippen LogP contribution in [0.3, 0.4) is 0 Å². The maximum Gasteiger partial charge on any atom is 0.136 e. The molecule has 1 aromatic rings. The first-order chi connectivity index (χ1) is 7.73. The van der Waals surface area contributed by atoms with Crippen LogP contribution in [0, 0.1) is 0 Å². The van der Waals surface area contributed by atoms with Crippen molar-refractivity contribution >= 4 is 38.9 Å². The third-order valence-electron chi connectivity index (χ3n) is 2.17. The molecule has 0 saturated carbocycles. The van der Waals surface area contributed by atoms with Crippen LogP contribution in [0.2, 0.25) is 5.02 Å². The second-order valence-electron chi connectivity index (χ2n) is 4.75. The molecular formula is C11H16BrClN2OS. The Kier molecular flexibility index (Phi) is 5.28. The predicted molar refractivity (Wildman–Crippen MR) is 76.4 cm³/mol. The molecule has 3 nitrogen and oxygen atoms in total. The topological polar surface area (TPSA) is 48.0 Å². The zero-order chi connectivity index (χ0) is 13.2. The minimum absolute atomic E-state index is 0.118. The second kappa shape index (κ2) is 5.89. The Balaban J connectivity index is 2.84. The van der Waals surface area contributed by atoms with Crippen LogP contribution < -0.4 is 4.72 Å². The number of hydrogen-bond donors (Lipinski definition) is 1. The van der Waals surface area contributed by atoms with Crippen molar-refractivity contribution in [2.24, 2.45) is 0 Å². The van der Waals surface area contributed by atoms with Gasteiger partial charge in [-0.2, -0.15) is 0 Å². The van der Waals surface area contributed by atoms with E-state index in [0.29, 0.717) is 5.02 Å². The van der Waals surface area contributed by atoms with Gasteiger partial charge in [0.2, 0.25) is 0 Å². The van der Waals surface area contributed by atoms with Gasteiger partial charge in [-0.15, -0.1) is 4.72 Å². The van der Waals surface area contributed by atoms with Crippen molar-refractivity contribution in [2.45, 2.75) is 38.5 Å². The van der Waals surface area contributed by atoms with E-state index < -0.39 is 11.4 Å². The summed E-state index contributed by atoms with van der Waals surface area (Å²) < 4.78 is 15.4. The molecule has 1 rings (SSSR count). The standard InChI is InChI=1S/C11H16BrClN2OS/c1-7(15-17(16)11(2,3)4)8-5-14-6-9(12)10(8)13/h5-7,15H,1-4H3/t7?,17-/m1/s1. The lowest BCUT2D eigenvalue weighted by Crippen LogP contribution is -2.40. The summed E-state index contributed by atoms with van der Waals surface area (Å²) in [7, 11) is 0. The highest BCUT2D eigenvalue weighted by Crippen LogP contribution is 2.30. The van der Waals surface area contributed by atoms with E-state index in [1.807, 2.05) is 27.7 Å². The van der Waals surface area contributed by atoms with E-state index in [-0.39, 0.29) is 10.8 Å². The van der Waals surface area contributed by atoms with E-state index in [4.69, 9.17) is 11.6 Å². The molecular weight excluding hydrogens is 324 g/mol. The molecule has 0 amide bonds. The summed E-state index contributed by atoms with van der Waals surface area (Å²) in [6, 6.07) is -0.118. The normalized spacial score (nSPS) is 15.7. The van der Waals surface area contributed by atoms with Crippen LogP contribution in [0.1, 0.15) is 39.3 Å². The van der Waals surface area contributed by atoms with Crippen LogP contribution in [0.15, 0.2) is 16.9 Å². The highest BCUT2D eigenvalue weighted by atomic mass is 79.9. The third kappa shape index (κ3) is 4.10. The molecule has 0 aliphatic rings. The average Bonchev–Trinajstić information content (AvgIpc) is 2.20. The molecule has 0 bridgehead atoms. The molecule has 1 heterocycles. The molecule has 0 aliphatic carbocycles. The minimum Gasteiger partial charge on any atom is -0.598 e. The van der Waals surface area contributed by atoms with Crippen molar-refractivity contribution < 1.29 is 4.55 Å². The van der Waals surface area contributed by atoms with Gasteiger partial charge in [0, 0.05) is 29.3 Å². The molecule has 96 valence electrons. The van der Waals surface area contributed by atoms with Crippen LogP contribution in [-0.2, 0) is 11.4 Å². The number of hydrogen-bond acceptors (Lipinski definition) is 3. The van der Waals surface area contributed by atoms with Gasteiger partial charge < -0.3 is 4.55 Å².